The quantitative estimate of drug-likeness (QED) is 0.791. The highest BCUT2D eigenvalue weighted by atomic mass is 32.2. The number of para-hydroxylation sites is 2. The maximum Gasteiger partial charge on any atom is 0.263 e. The summed E-state index contributed by atoms with van der Waals surface area (Å²) in [4.78, 5) is 8.65. The van der Waals surface area contributed by atoms with Gasteiger partial charge in [0, 0.05) is 11.8 Å². The monoisotopic (exact) mass is 272 g/mol. The Labute approximate surface area is 114 Å². The molecule has 5 heteroatoms. The molecule has 0 saturated carbocycles. The molecule has 0 aliphatic rings. The van der Waals surface area contributed by atoms with Gasteiger partial charge in [0.1, 0.15) is 10.5 Å². The van der Waals surface area contributed by atoms with E-state index in [0.29, 0.717) is 10.2 Å². The summed E-state index contributed by atoms with van der Waals surface area (Å²) in [6, 6.07) is 11.3. The Kier molecular flexibility index (Phi) is 3.23. The molecule has 96 valence electrons. The summed E-state index contributed by atoms with van der Waals surface area (Å²) in [7, 11) is 0. The van der Waals surface area contributed by atoms with Crippen molar-refractivity contribution in [3.8, 4) is 0 Å². The fraction of sp³-hybridized carbons (Fsp3) is 0.143. The summed E-state index contributed by atoms with van der Waals surface area (Å²) in [6.07, 6.45) is 1.12. The lowest BCUT2D eigenvalue weighted by molar-refractivity contribution is 0.195. The number of oxazole rings is 1. The molecule has 1 atom stereocenters. The number of aromatic nitrogens is 2. The minimum Gasteiger partial charge on any atom is -0.431 e. The Morgan fingerprint density at radius 2 is 2.05 bits per heavy atom. The average molecular weight is 272 g/mol. The van der Waals surface area contributed by atoms with E-state index in [-0.39, 0.29) is 0 Å². The van der Waals surface area contributed by atoms with Crippen LogP contribution < -0.4 is 0 Å². The van der Waals surface area contributed by atoms with Gasteiger partial charge < -0.3 is 9.52 Å². The maximum absolute atomic E-state index is 9.72. The Hall–Kier alpha value is -1.85. The second kappa shape index (κ2) is 5.03. The molecule has 1 aromatic carbocycles. The number of nitrogens with zero attached hydrogens (tertiary/aromatic N) is 2. The van der Waals surface area contributed by atoms with E-state index in [4.69, 9.17) is 4.42 Å². The van der Waals surface area contributed by atoms with Gasteiger partial charge in [0.2, 0.25) is 0 Å². The molecule has 3 rings (SSSR count). The number of fused-ring (bicyclic) bond motifs is 1. The molecule has 0 unspecified atom stereocenters. The van der Waals surface area contributed by atoms with Gasteiger partial charge in [-0.25, -0.2) is 9.97 Å². The van der Waals surface area contributed by atoms with Gasteiger partial charge in [-0.15, -0.1) is 0 Å². The van der Waals surface area contributed by atoms with Gasteiger partial charge >= 0.3 is 0 Å². The van der Waals surface area contributed by atoms with Crippen molar-refractivity contribution in [1.29, 1.82) is 0 Å². The highest BCUT2D eigenvalue weighted by Gasteiger charge is 2.13. The first kappa shape index (κ1) is 12.2. The summed E-state index contributed by atoms with van der Waals surface area (Å²) in [5.41, 5.74) is 2.34. The van der Waals surface area contributed by atoms with Gasteiger partial charge in [-0.05, 0) is 36.9 Å². The normalized spacial score (nSPS) is 12.7. The average Bonchev–Trinajstić information content (AvgIpc) is 2.81. The fourth-order valence-corrected chi connectivity index (χ4v) is 2.69. The van der Waals surface area contributed by atoms with Crippen LogP contribution in [-0.2, 0) is 0 Å². The van der Waals surface area contributed by atoms with Gasteiger partial charge in [0.15, 0.2) is 5.58 Å². The molecule has 2 heterocycles. The van der Waals surface area contributed by atoms with E-state index in [9.17, 15) is 5.11 Å². The van der Waals surface area contributed by atoms with Gasteiger partial charge in [0.25, 0.3) is 5.22 Å². The number of rotatable bonds is 3. The highest BCUT2D eigenvalue weighted by Crippen LogP contribution is 2.32. The van der Waals surface area contributed by atoms with Crippen molar-refractivity contribution < 1.29 is 9.52 Å². The minimum absolute atomic E-state index is 0.529. The van der Waals surface area contributed by atoms with Crippen LogP contribution in [0, 0.1) is 0 Å². The van der Waals surface area contributed by atoms with Crippen molar-refractivity contribution in [3.63, 3.8) is 0 Å². The van der Waals surface area contributed by atoms with Gasteiger partial charge in [-0.1, -0.05) is 18.2 Å². The Morgan fingerprint density at radius 3 is 2.84 bits per heavy atom. The van der Waals surface area contributed by atoms with Crippen molar-refractivity contribution in [1.82, 2.24) is 9.97 Å². The van der Waals surface area contributed by atoms with E-state index in [1.807, 2.05) is 30.3 Å². The zero-order chi connectivity index (χ0) is 13.2. The summed E-state index contributed by atoms with van der Waals surface area (Å²) in [6.45, 7) is 1.72. The van der Waals surface area contributed by atoms with E-state index in [0.717, 1.165) is 16.7 Å². The van der Waals surface area contributed by atoms with Crippen LogP contribution in [0.4, 0.5) is 0 Å². The molecule has 2 aromatic heterocycles. The lowest BCUT2D eigenvalue weighted by Crippen LogP contribution is -1.95. The number of aliphatic hydroxyl groups is 1. The van der Waals surface area contributed by atoms with Crippen LogP contribution in [0.1, 0.15) is 18.6 Å². The minimum atomic E-state index is -0.569. The zero-order valence-corrected chi connectivity index (χ0v) is 11.1. The third-order valence-electron chi connectivity index (χ3n) is 2.71. The van der Waals surface area contributed by atoms with Crippen molar-refractivity contribution in [2.24, 2.45) is 0 Å². The van der Waals surface area contributed by atoms with E-state index in [1.54, 1.807) is 19.2 Å². The first-order chi connectivity index (χ1) is 9.24. The maximum atomic E-state index is 9.72. The van der Waals surface area contributed by atoms with E-state index in [1.165, 1.54) is 11.8 Å². The molecule has 0 radical (unpaired) electrons. The van der Waals surface area contributed by atoms with Crippen LogP contribution in [0.3, 0.4) is 0 Å². The summed E-state index contributed by atoms with van der Waals surface area (Å²) >= 11 is 1.32. The predicted molar refractivity (Wildman–Crippen MR) is 73.0 cm³/mol. The molecule has 0 aliphatic heterocycles. The molecule has 0 fully saturated rings. The lowest BCUT2D eigenvalue weighted by atomic mass is 10.2. The van der Waals surface area contributed by atoms with E-state index < -0.39 is 6.10 Å². The smallest absolute Gasteiger partial charge is 0.263 e. The molecule has 1 N–H and O–H groups in total. The van der Waals surface area contributed by atoms with Gasteiger partial charge in [-0.2, -0.15) is 0 Å². The Bertz CT molecular complexity index is 676. The van der Waals surface area contributed by atoms with Crippen LogP contribution in [0.5, 0.6) is 0 Å². The third-order valence-corrected chi connectivity index (χ3v) is 3.59. The number of hydrogen-bond acceptors (Lipinski definition) is 5. The van der Waals surface area contributed by atoms with Crippen LogP contribution in [-0.4, -0.2) is 15.1 Å². The molecule has 0 amide bonds. The SMILES string of the molecule is C[C@@H](O)c1cccnc1Sc1nc2ccccc2o1. The second-order valence-corrected chi connectivity index (χ2v) is 5.06. The van der Waals surface area contributed by atoms with Crippen molar-refractivity contribution in [2.45, 2.75) is 23.3 Å². The third kappa shape index (κ3) is 2.47. The van der Waals surface area contributed by atoms with Crippen molar-refractivity contribution >= 4 is 22.9 Å². The number of hydrogen-bond donors (Lipinski definition) is 1. The van der Waals surface area contributed by atoms with Crippen molar-refractivity contribution in [3.05, 3.63) is 48.2 Å². The van der Waals surface area contributed by atoms with Crippen LogP contribution in [0.2, 0.25) is 0 Å². The molecular weight excluding hydrogens is 260 g/mol. The summed E-state index contributed by atoms with van der Waals surface area (Å²) in [5, 5.41) is 11.0. The number of aliphatic hydroxyl groups excluding tert-OH is 1. The molecule has 19 heavy (non-hydrogen) atoms. The standard InChI is InChI=1S/C14H12N2O2S/c1-9(17)10-5-4-8-15-13(10)19-14-16-11-6-2-3-7-12(11)18-14/h2-9,17H,1H3/t9-/m1/s1. The van der Waals surface area contributed by atoms with Crippen LogP contribution in [0.25, 0.3) is 11.1 Å². The highest BCUT2D eigenvalue weighted by molar-refractivity contribution is 7.99. The first-order valence-corrected chi connectivity index (χ1v) is 6.72. The first-order valence-electron chi connectivity index (χ1n) is 5.90. The summed E-state index contributed by atoms with van der Waals surface area (Å²) < 4.78 is 5.64. The van der Waals surface area contributed by atoms with Gasteiger partial charge in [-0.3, -0.25) is 0 Å². The molecule has 0 bridgehead atoms. The van der Waals surface area contributed by atoms with Crippen LogP contribution in [0.15, 0.2) is 57.3 Å². The van der Waals surface area contributed by atoms with Gasteiger partial charge in [0.05, 0.1) is 6.10 Å². The van der Waals surface area contributed by atoms with E-state index in [2.05, 4.69) is 9.97 Å². The number of pyridine rings is 1. The topological polar surface area (TPSA) is 59.2 Å². The Balaban J connectivity index is 1.97. The van der Waals surface area contributed by atoms with Crippen molar-refractivity contribution in [2.75, 3.05) is 0 Å². The molecule has 0 saturated heterocycles. The van der Waals surface area contributed by atoms with E-state index >= 15 is 0 Å². The zero-order valence-electron chi connectivity index (χ0n) is 10.3. The van der Waals surface area contributed by atoms with Crippen LogP contribution >= 0.6 is 11.8 Å². The molecule has 3 aromatic rings. The second-order valence-electron chi connectivity index (χ2n) is 4.12. The molecule has 4 nitrogen and oxygen atoms in total. The lowest BCUT2D eigenvalue weighted by Gasteiger charge is -2.07. The molecule has 0 aliphatic carbocycles. The largest absolute Gasteiger partial charge is 0.431 e. The fourth-order valence-electron chi connectivity index (χ4n) is 1.78. The predicted octanol–water partition coefficient (Wildman–Crippen LogP) is 3.43. The summed E-state index contributed by atoms with van der Waals surface area (Å²) in [5.74, 6) is 0. The Morgan fingerprint density at radius 1 is 1.21 bits per heavy atom. The molecule has 0 spiro atoms. The number of benzene rings is 1. The molecular formula is C14H12N2O2S.